The van der Waals surface area contributed by atoms with Crippen molar-refractivity contribution >= 4 is 40.8 Å². The predicted octanol–water partition coefficient (Wildman–Crippen LogP) is 4.14. The van der Waals surface area contributed by atoms with Crippen molar-refractivity contribution in [3.05, 3.63) is 33.8 Å². The lowest BCUT2D eigenvalue weighted by atomic mass is 10.1. The van der Waals surface area contributed by atoms with Crippen molar-refractivity contribution in [1.82, 2.24) is 0 Å². The van der Waals surface area contributed by atoms with Gasteiger partial charge in [-0.3, -0.25) is 4.79 Å². The van der Waals surface area contributed by atoms with Crippen molar-refractivity contribution in [1.29, 1.82) is 0 Å². The van der Waals surface area contributed by atoms with E-state index in [2.05, 4.69) is 0 Å². The van der Waals surface area contributed by atoms with E-state index >= 15 is 0 Å². The molecule has 1 N–H and O–H groups in total. The molecule has 0 aromatic heterocycles. The Morgan fingerprint density at radius 2 is 1.80 bits per heavy atom. The minimum absolute atomic E-state index is 0.0261. The normalized spacial score (nSPS) is 12.5. The third-order valence-electron chi connectivity index (χ3n) is 1.86. The molecule has 2 nitrogen and oxygen atoms in total. The maximum Gasteiger partial charge on any atom is 0.303 e. The Bertz CT molecular complexity index is 345. The van der Waals surface area contributed by atoms with E-state index in [4.69, 9.17) is 39.9 Å². The van der Waals surface area contributed by atoms with Crippen LogP contribution in [0, 0.1) is 0 Å². The summed E-state index contributed by atoms with van der Waals surface area (Å²) < 4.78 is 0. The second kappa shape index (κ2) is 5.59. The number of alkyl halides is 1. The third-order valence-corrected chi connectivity index (χ3v) is 2.76. The summed E-state index contributed by atoms with van der Waals surface area (Å²) in [6.07, 6.45) is 0.381. The highest BCUT2D eigenvalue weighted by molar-refractivity contribution is 6.35. The van der Waals surface area contributed by atoms with Crippen LogP contribution in [0.3, 0.4) is 0 Å². The molecule has 0 aliphatic carbocycles. The molecule has 1 aromatic rings. The summed E-state index contributed by atoms with van der Waals surface area (Å²) in [7, 11) is 0. The van der Waals surface area contributed by atoms with Crippen LogP contribution >= 0.6 is 34.8 Å². The van der Waals surface area contributed by atoms with Crippen LogP contribution < -0.4 is 0 Å². The monoisotopic (exact) mass is 266 g/mol. The summed E-state index contributed by atoms with van der Waals surface area (Å²) in [6, 6.07) is 4.98. The molecule has 82 valence electrons. The number of carbonyl (C=O) groups is 1. The van der Waals surface area contributed by atoms with Gasteiger partial charge in [0, 0.05) is 16.5 Å². The lowest BCUT2D eigenvalue weighted by Gasteiger charge is -2.09. The Labute approximate surface area is 103 Å². The Kier molecular flexibility index (Phi) is 4.71. The van der Waals surface area contributed by atoms with Crippen molar-refractivity contribution < 1.29 is 9.90 Å². The Morgan fingerprint density at radius 1 is 1.27 bits per heavy atom. The molecule has 15 heavy (non-hydrogen) atoms. The van der Waals surface area contributed by atoms with E-state index < -0.39 is 5.97 Å². The molecular formula is C10H9Cl3O2. The lowest BCUT2D eigenvalue weighted by Crippen LogP contribution is -1.98. The van der Waals surface area contributed by atoms with Gasteiger partial charge < -0.3 is 5.11 Å². The minimum Gasteiger partial charge on any atom is -0.481 e. The van der Waals surface area contributed by atoms with Gasteiger partial charge in [0.25, 0.3) is 0 Å². The Morgan fingerprint density at radius 3 is 2.27 bits per heavy atom. The van der Waals surface area contributed by atoms with Crippen LogP contribution in [0.4, 0.5) is 0 Å². The van der Waals surface area contributed by atoms with Crippen LogP contribution in [-0.2, 0) is 4.79 Å². The van der Waals surface area contributed by atoms with Crippen molar-refractivity contribution in [2.75, 3.05) is 0 Å². The van der Waals surface area contributed by atoms with Crippen LogP contribution in [0.25, 0.3) is 0 Å². The first kappa shape index (κ1) is 12.6. The summed E-state index contributed by atoms with van der Waals surface area (Å²) in [5.74, 6) is -0.867. The van der Waals surface area contributed by atoms with E-state index in [9.17, 15) is 4.79 Å². The number of carboxylic acid groups (broad SMARTS) is 1. The highest BCUT2D eigenvalue weighted by Crippen LogP contribution is 2.30. The lowest BCUT2D eigenvalue weighted by molar-refractivity contribution is -0.137. The highest BCUT2D eigenvalue weighted by Gasteiger charge is 2.11. The average molecular weight is 268 g/mol. The summed E-state index contributed by atoms with van der Waals surface area (Å²) in [4.78, 5) is 10.4. The molecule has 5 heteroatoms. The number of hydrogen-bond acceptors (Lipinski definition) is 1. The Hall–Kier alpha value is -0.440. The molecule has 1 aromatic carbocycles. The molecule has 0 bridgehead atoms. The van der Waals surface area contributed by atoms with E-state index in [0.29, 0.717) is 16.5 Å². The number of halogens is 3. The fraction of sp³-hybridized carbons (Fsp3) is 0.300. The SMILES string of the molecule is O=C(O)CCC(Cl)c1cc(Cl)cc(Cl)c1. The summed E-state index contributed by atoms with van der Waals surface area (Å²) in [5, 5.41) is 9.13. The van der Waals surface area contributed by atoms with E-state index in [1.165, 1.54) is 0 Å². The quantitative estimate of drug-likeness (QED) is 0.833. The fourth-order valence-electron chi connectivity index (χ4n) is 1.17. The van der Waals surface area contributed by atoms with Gasteiger partial charge in [-0.05, 0) is 30.2 Å². The van der Waals surface area contributed by atoms with Crippen LogP contribution in [-0.4, -0.2) is 11.1 Å². The molecular weight excluding hydrogens is 258 g/mol. The van der Waals surface area contributed by atoms with Gasteiger partial charge >= 0.3 is 5.97 Å². The van der Waals surface area contributed by atoms with Crippen LogP contribution in [0.2, 0.25) is 10.0 Å². The minimum atomic E-state index is -0.867. The number of benzene rings is 1. The van der Waals surface area contributed by atoms with Gasteiger partial charge in [-0.25, -0.2) is 0 Å². The van der Waals surface area contributed by atoms with Gasteiger partial charge in [-0.15, -0.1) is 11.6 Å². The van der Waals surface area contributed by atoms with Crippen LogP contribution in [0.1, 0.15) is 23.8 Å². The largest absolute Gasteiger partial charge is 0.481 e. The smallest absolute Gasteiger partial charge is 0.303 e. The first-order valence-corrected chi connectivity index (χ1v) is 5.50. The summed E-state index contributed by atoms with van der Waals surface area (Å²) in [6.45, 7) is 0. The molecule has 0 aliphatic heterocycles. The van der Waals surface area contributed by atoms with Gasteiger partial charge in [0.05, 0.1) is 5.38 Å². The predicted molar refractivity (Wildman–Crippen MR) is 61.9 cm³/mol. The van der Waals surface area contributed by atoms with Gasteiger partial charge in [0.1, 0.15) is 0 Å². The van der Waals surface area contributed by atoms with Gasteiger partial charge in [0.15, 0.2) is 0 Å². The van der Waals surface area contributed by atoms with Crippen LogP contribution in [0.15, 0.2) is 18.2 Å². The van der Waals surface area contributed by atoms with E-state index in [-0.39, 0.29) is 11.8 Å². The highest BCUT2D eigenvalue weighted by atomic mass is 35.5. The first-order chi connectivity index (χ1) is 6.99. The molecule has 0 spiro atoms. The van der Waals surface area contributed by atoms with E-state index in [1.807, 2.05) is 0 Å². The summed E-state index contributed by atoms with van der Waals surface area (Å²) in [5.41, 5.74) is 0.746. The maximum absolute atomic E-state index is 10.4. The molecule has 0 heterocycles. The molecule has 1 unspecified atom stereocenters. The number of rotatable bonds is 4. The van der Waals surface area contributed by atoms with Crippen molar-refractivity contribution in [2.24, 2.45) is 0 Å². The van der Waals surface area contributed by atoms with Crippen molar-refractivity contribution in [3.8, 4) is 0 Å². The zero-order chi connectivity index (χ0) is 11.4. The molecule has 0 amide bonds. The maximum atomic E-state index is 10.4. The van der Waals surface area contributed by atoms with Gasteiger partial charge in [-0.1, -0.05) is 23.2 Å². The number of hydrogen-bond donors (Lipinski definition) is 1. The van der Waals surface area contributed by atoms with Crippen molar-refractivity contribution in [3.63, 3.8) is 0 Å². The molecule has 0 saturated heterocycles. The van der Waals surface area contributed by atoms with Gasteiger partial charge in [0.2, 0.25) is 0 Å². The van der Waals surface area contributed by atoms with E-state index in [1.54, 1.807) is 18.2 Å². The molecule has 1 rings (SSSR count). The molecule has 0 radical (unpaired) electrons. The van der Waals surface area contributed by atoms with Crippen molar-refractivity contribution in [2.45, 2.75) is 18.2 Å². The molecule has 0 aliphatic rings. The number of carboxylic acids is 1. The second-order valence-corrected chi connectivity index (χ2v) is 4.50. The zero-order valence-corrected chi connectivity index (χ0v) is 9.98. The number of aliphatic carboxylic acids is 1. The molecule has 0 fully saturated rings. The third kappa shape index (κ3) is 4.29. The van der Waals surface area contributed by atoms with E-state index in [0.717, 1.165) is 5.56 Å². The van der Waals surface area contributed by atoms with Gasteiger partial charge in [-0.2, -0.15) is 0 Å². The molecule has 1 atom stereocenters. The Balaban J connectivity index is 2.72. The zero-order valence-electron chi connectivity index (χ0n) is 7.71. The summed E-state index contributed by atoms with van der Waals surface area (Å²) >= 11 is 17.6. The van der Waals surface area contributed by atoms with Crippen LogP contribution in [0.5, 0.6) is 0 Å². The topological polar surface area (TPSA) is 37.3 Å². The fourth-order valence-corrected chi connectivity index (χ4v) is 1.95. The average Bonchev–Trinajstić information content (AvgIpc) is 2.12. The standard InChI is InChI=1S/C10H9Cl3O2/c11-7-3-6(4-8(12)5-7)9(13)1-2-10(14)15/h3-5,9H,1-2H2,(H,14,15). The molecule has 0 saturated carbocycles. The first-order valence-electron chi connectivity index (χ1n) is 4.31. The second-order valence-electron chi connectivity index (χ2n) is 3.10.